The lowest BCUT2D eigenvalue weighted by Crippen LogP contribution is -2.26. The van der Waals surface area contributed by atoms with Gasteiger partial charge >= 0.3 is 0 Å². The third-order valence-corrected chi connectivity index (χ3v) is 12.9. The molecule has 0 fully saturated rings. The number of hydrogen-bond donors (Lipinski definition) is 0. The molecule has 1 aromatic heterocycles. The summed E-state index contributed by atoms with van der Waals surface area (Å²) in [5.74, 6) is 0.723. The average Bonchev–Trinajstić information content (AvgIpc) is 3.81. The molecule has 0 amide bonds. The van der Waals surface area contributed by atoms with Crippen LogP contribution in [0.1, 0.15) is 47.2 Å². The van der Waals surface area contributed by atoms with Gasteiger partial charge in [0.2, 0.25) is 0 Å². The third kappa shape index (κ3) is 4.06. The van der Waals surface area contributed by atoms with Crippen LogP contribution in [0, 0.1) is 0 Å². The molecule has 3 aliphatic rings. The normalized spacial score (nSPS) is 14.5. The second kappa shape index (κ2) is 11.3. The van der Waals surface area contributed by atoms with E-state index in [9.17, 15) is 0 Å². The topological polar surface area (TPSA) is 25.8 Å². The van der Waals surface area contributed by atoms with Crippen molar-refractivity contribution in [2.45, 2.75) is 24.7 Å². The van der Waals surface area contributed by atoms with Crippen LogP contribution in [-0.4, -0.2) is 9.97 Å². The maximum Gasteiger partial charge on any atom is 0.160 e. The molecule has 0 bridgehead atoms. The van der Waals surface area contributed by atoms with E-state index in [4.69, 9.17) is 9.97 Å². The molecular formula is C54H36N2. The van der Waals surface area contributed by atoms with E-state index >= 15 is 0 Å². The van der Waals surface area contributed by atoms with Gasteiger partial charge in [0.25, 0.3) is 0 Å². The van der Waals surface area contributed by atoms with E-state index in [1.807, 2.05) is 0 Å². The molecule has 8 aromatic carbocycles. The first-order valence-corrected chi connectivity index (χ1v) is 19.6. The van der Waals surface area contributed by atoms with Gasteiger partial charge in [-0.3, -0.25) is 0 Å². The Morgan fingerprint density at radius 1 is 0.357 bits per heavy atom. The Hall–Kier alpha value is -6.90. The van der Waals surface area contributed by atoms with Crippen molar-refractivity contribution in [3.63, 3.8) is 0 Å². The van der Waals surface area contributed by atoms with Crippen LogP contribution in [0.25, 0.3) is 78.1 Å². The minimum absolute atomic E-state index is 0.162. The number of aromatic nitrogens is 2. The van der Waals surface area contributed by atoms with E-state index in [0.717, 1.165) is 33.9 Å². The minimum Gasteiger partial charge on any atom is -0.228 e. The summed E-state index contributed by atoms with van der Waals surface area (Å²) in [7, 11) is 0. The summed E-state index contributed by atoms with van der Waals surface area (Å²) < 4.78 is 0. The fraction of sp³-hybridized carbons (Fsp3) is 0.0741. The van der Waals surface area contributed by atoms with Crippen molar-refractivity contribution in [3.05, 3.63) is 215 Å². The van der Waals surface area contributed by atoms with Crippen LogP contribution in [0.4, 0.5) is 0 Å². The zero-order valence-corrected chi connectivity index (χ0v) is 31.2. The standard InChI is InChI=1S/C54H36N2/c1-53(2)46-29-15-24-40(50(46)42-30-34-18-6-7-19-35(34)31-47(42)53)48-32-49(56-52(55-48)33-16-4-3-5-17-33)41-25-14-23-39-38-22-10-13-28-45(38)54(51(39)41)43-26-11-8-20-36(43)37-21-9-12-27-44(37)54/h3-32H,1-2H3. The van der Waals surface area contributed by atoms with Gasteiger partial charge in [0, 0.05) is 22.1 Å². The maximum atomic E-state index is 5.50. The van der Waals surface area contributed by atoms with Gasteiger partial charge in [-0.05, 0) is 95.7 Å². The predicted molar refractivity (Wildman–Crippen MR) is 230 cm³/mol. The average molecular weight is 713 g/mol. The Kier molecular flexibility index (Phi) is 6.36. The lowest BCUT2D eigenvalue weighted by atomic mass is 9.69. The molecule has 2 heteroatoms. The van der Waals surface area contributed by atoms with Crippen LogP contribution in [0.5, 0.6) is 0 Å². The summed E-state index contributed by atoms with van der Waals surface area (Å²) in [6.07, 6.45) is 0. The van der Waals surface area contributed by atoms with Crippen LogP contribution in [0.2, 0.25) is 0 Å². The Morgan fingerprint density at radius 3 is 1.52 bits per heavy atom. The summed E-state index contributed by atoms with van der Waals surface area (Å²) >= 11 is 0. The first-order chi connectivity index (χ1) is 27.5. The molecule has 262 valence electrons. The Labute approximate surface area is 326 Å². The Balaban J connectivity index is 1.17. The molecule has 0 saturated heterocycles. The van der Waals surface area contributed by atoms with Crippen molar-refractivity contribution in [1.82, 2.24) is 9.97 Å². The molecule has 1 heterocycles. The van der Waals surface area contributed by atoms with Gasteiger partial charge < -0.3 is 0 Å². The van der Waals surface area contributed by atoms with E-state index in [1.165, 1.54) is 77.5 Å². The zero-order valence-electron chi connectivity index (χ0n) is 31.2. The number of hydrogen-bond acceptors (Lipinski definition) is 2. The predicted octanol–water partition coefficient (Wildman–Crippen LogP) is 13.3. The largest absolute Gasteiger partial charge is 0.228 e. The molecule has 0 saturated carbocycles. The summed E-state index contributed by atoms with van der Waals surface area (Å²) in [4.78, 5) is 10.9. The summed E-state index contributed by atoms with van der Waals surface area (Å²) in [5.41, 5.74) is 20.1. The Bertz CT molecular complexity index is 3050. The fourth-order valence-electron chi connectivity index (χ4n) is 10.5. The van der Waals surface area contributed by atoms with Crippen molar-refractivity contribution < 1.29 is 0 Å². The maximum absolute atomic E-state index is 5.50. The van der Waals surface area contributed by atoms with Gasteiger partial charge in [0.1, 0.15) is 0 Å². The van der Waals surface area contributed by atoms with Gasteiger partial charge in [-0.2, -0.15) is 0 Å². The van der Waals surface area contributed by atoms with Gasteiger partial charge in [0.15, 0.2) is 5.82 Å². The van der Waals surface area contributed by atoms with Crippen LogP contribution >= 0.6 is 0 Å². The monoisotopic (exact) mass is 712 g/mol. The molecule has 2 nitrogen and oxygen atoms in total. The molecule has 0 atom stereocenters. The fourth-order valence-corrected chi connectivity index (χ4v) is 10.5. The molecule has 0 N–H and O–H groups in total. The molecule has 0 unspecified atom stereocenters. The van der Waals surface area contributed by atoms with Crippen LogP contribution in [0.15, 0.2) is 182 Å². The summed E-state index contributed by atoms with van der Waals surface area (Å²) in [6.45, 7) is 4.72. The van der Waals surface area contributed by atoms with E-state index in [0.29, 0.717) is 0 Å². The second-order valence-corrected chi connectivity index (χ2v) is 16.0. The first-order valence-electron chi connectivity index (χ1n) is 19.6. The second-order valence-electron chi connectivity index (χ2n) is 16.0. The van der Waals surface area contributed by atoms with Gasteiger partial charge in [0.05, 0.1) is 16.8 Å². The molecule has 12 rings (SSSR count). The molecule has 0 radical (unpaired) electrons. The molecular weight excluding hydrogens is 677 g/mol. The molecule has 56 heavy (non-hydrogen) atoms. The molecule has 3 aliphatic carbocycles. The van der Waals surface area contributed by atoms with Crippen molar-refractivity contribution in [1.29, 1.82) is 0 Å². The highest BCUT2D eigenvalue weighted by Crippen LogP contribution is 2.64. The number of nitrogens with zero attached hydrogens (tertiary/aromatic N) is 2. The molecule has 0 aliphatic heterocycles. The lowest BCUT2D eigenvalue weighted by Gasteiger charge is -2.32. The third-order valence-electron chi connectivity index (χ3n) is 12.9. The molecule has 9 aromatic rings. The van der Waals surface area contributed by atoms with Gasteiger partial charge in [-0.15, -0.1) is 0 Å². The van der Waals surface area contributed by atoms with E-state index < -0.39 is 5.41 Å². The first kappa shape index (κ1) is 31.5. The number of benzene rings is 8. The molecule has 1 spiro atoms. The summed E-state index contributed by atoms with van der Waals surface area (Å²) in [5, 5.41) is 2.52. The smallest absolute Gasteiger partial charge is 0.160 e. The zero-order chi connectivity index (χ0) is 37.2. The van der Waals surface area contributed by atoms with Crippen molar-refractivity contribution in [3.8, 4) is 67.3 Å². The quantitative estimate of drug-likeness (QED) is 0.182. The van der Waals surface area contributed by atoms with Crippen molar-refractivity contribution in [2.75, 3.05) is 0 Å². The minimum atomic E-state index is -0.494. The van der Waals surface area contributed by atoms with Gasteiger partial charge in [-0.25, -0.2) is 9.97 Å². The van der Waals surface area contributed by atoms with Crippen molar-refractivity contribution >= 4 is 10.8 Å². The number of fused-ring (bicyclic) bond motifs is 14. The van der Waals surface area contributed by atoms with Crippen LogP contribution in [0.3, 0.4) is 0 Å². The van der Waals surface area contributed by atoms with Crippen LogP contribution in [-0.2, 0) is 10.8 Å². The Morgan fingerprint density at radius 2 is 0.839 bits per heavy atom. The number of rotatable bonds is 3. The van der Waals surface area contributed by atoms with E-state index in [-0.39, 0.29) is 5.41 Å². The van der Waals surface area contributed by atoms with E-state index in [2.05, 4.69) is 196 Å². The summed E-state index contributed by atoms with van der Waals surface area (Å²) in [6, 6.07) is 66.8. The van der Waals surface area contributed by atoms with Gasteiger partial charge in [-0.1, -0.05) is 178 Å². The highest BCUT2D eigenvalue weighted by atomic mass is 14.9. The highest BCUT2D eigenvalue weighted by Gasteiger charge is 2.52. The van der Waals surface area contributed by atoms with E-state index in [1.54, 1.807) is 0 Å². The van der Waals surface area contributed by atoms with Crippen LogP contribution < -0.4 is 0 Å². The SMILES string of the molecule is CC1(C)c2cc3ccccc3cc2-c2c(-c3cc(-c4cccc5c4C4(c6ccccc6-c6ccccc64)c4ccccc4-5)nc(-c4ccccc4)n3)cccc21. The lowest BCUT2D eigenvalue weighted by molar-refractivity contribution is 0.661. The van der Waals surface area contributed by atoms with Crippen molar-refractivity contribution in [2.24, 2.45) is 0 Å². The highest BCUT2D eigenvalue weighted by molar-refractivity contribution is 6.01.